The summed E-state index contributed by atoms with van der Waals surface area (Å²) < 4.78 is 26.1. The van der Waals surface area contributed by atoms with Gasteiger partial charge in [0.25, 0.3) is 5.91 Å². The molecule has 128 valence electrons. The van der Waals surface area contributed by atoms with Gasteiger partial charge in [-0.15, -0.1) is 11.3 Å². The predicted molar refractivity (Wildman–Crippen MR) is 92.5 cm³/mol. The van der Waals surface area contributed by atoms with Crippen molar-refractivity contribution in [3.63, 3.8) is 0 Å². The van der Waals surface area contributed by atoms with Crippen molar-refractivity contribution in [3.05, 3.63) is 40.7 Å². The summed E-state index contributed by atoms with van der Waals surface area (Å²) in [4.78, 5) is 21.4. The number of nitrogens with zero attached hydrogens (tertiary/aromatic N) is 3. The Morgan fingerprint density at radius 1 is 1.38 bits per heavy atom. The molecule has 0 spiro atoms. The van der Waals surface area contributed by atoms with Crippen LogP contribution in [0.25, 0.3) is 0 Å². The van der Waals surface area contributed by atoms with Gasteiger partial charge in [0.15, 0.2) is 5.13 Å². The first-order valence-electron chi connectivity index (χ1n) is 7.58. The highest BCUT2D eigenvalue weighted by Crippen LogP contribution is 2.30. The van der Waals surface area contributed by atoms with Crippen LogP contribution >= 0.6 is 11.3 Å². The van der Waals surface area contributed by atoms with Gasteiger partial charge in [-0.2, -0.15) is 4.31 Å². The Morgan fingerprint density at radius 3 is 2.83 bits per heavy atom. The Hall–Kier alpha value is -1.84. The average molecular weight is 366 g/mol. The van der Waals surface area contributed by atoms with Crippen LogP contribution in [-0.2, 0) is 23.0 Å². The summed E-state index contributed by atoms with van der Waals surface area (Å²) in [5.41, 5.74) is 1.17. The largest absolute Gasteiger partial charge is 0.296 e. The van der Waals surface area contributed by atoms with Crippen molar-refractivity contribution in [1.29, 1.82) is 0 Å². The molecule has 1 aliphatic heterocycles. The van der Waals surface area contributed by atoms with Crippen molar-refractivity contribution in [1.82, 2.24) is 14.3 Å². The van der Waals surface area contributed by atoms with Crippen LogP contribution in [-0.4, -0.2) is 40.4 Å². The Bertz CT molecular complexity index is 847. The van der Waals surface area contributed by atoms with Crippen molar-refractivity contribution in [2.45, 2.75) is 32.1 Å². The molecule has 3 rings (SSSR count). The van der Waals surface area contributed by atoms with Gasteiger partial charge in [0.1, 0.15) is 5.69 Å². The number of fused-ring (bicyclic) bond motifs is 1. The van der Waals surface area contributed by atoms with E-state index in [4.69, 9.17) is 0 Å². The molecule has 2 aromatic rings. The van der Waals surface area contributed by atoms with Crippen LogP contribution < -0.4 is 5.32 Å². The van der Waals surface area contributed by atoms with Gasteiger partial charge < -0.3 is 0 Å². The summed E-state index contributed by atoms with van der Waals surface area (Å²) in [6.07, 6.45) is 2.10. The Kier molecular flexibility index (Phi) is 4.66. The molecule has 0 aliphatic carbocycles. The molecule has 0 unspecified atom stereocenters. The SMILES string of the molecule is CC(C)S(=O)(=O)N1CCc2nc(NC(=O)c3ccccn3)sc2C1. The number of nitrogens with one attached hydrogen (secondary N) is 1. The van der Waals surface area contributed by atoms with E-state index < -0.39 is 15.3 Å². The highest BCUT2D eigenvalue weighted by atomic mass is 32.2. The predicted octanol–water partition coefficient (Wildman–Crippen LogP) is 1.89. The summed E-state index contributed by atoms with van der Waals surface area (Å²) in [6.45, 7) is 4.09. The van der Waals surface area contributed by atoms with Gasteiger partial charge >= 0.3 is 0 Å². The summed E-state index contributed by atoms with van der Waals surface area (Å²) >= 11 is 1.31. The number of carbonyl (C=O) groups is 1. The molecular formula is C15H18N4O3S2. The van der Waals surface area contributed by atoms with Gasteiger partial charge in [0.05, 0.1) is 10.9 Å². The van der Waals surface area contributed by atoms with Gasteiger partial charge in [0, 0.05) is 30.6 Å². The monoisotopic (exact) mass is 366 g/mol. The molecule has 0 fully saturated rings. The highest BCUT2D eigenvalue weighted by Gasteiger charge is 2.31. The summed E-state index contributed by atoms with van der Waals surface area (Å²) in [5.74, 6) is -0.326. The Labute approximate surface area is 144 Å². The van der Waals surface area contributed by atoms with Crippen LogP contribution in [0.4, 0.5) is 5.13 Å². The number of pyridine rings is 1. The van der Waals surface area contributed by atoms with Crippen LogP contribution in [0.2, 0.25) is 0 Å². The fourth-order valence-electron chi connectivity index (χ4n) is 2.40. The van der Waals surface area contributed by atoms with Crippen molar-refractivity contribution in [2.24, 2.45) is 0 Å². The molecule has 1 N–H and O–H groups in total. The van der Waals surface area contributed by atoms with E-state index in [1.54, 1.807) is 38.2 Å². The van der Waals surface area contributed by atoms with Crippen LogP contribution in [0, 0.1) is 0 Å². The van der Waals surface area contributed by atoms with Gasteiger partial charge in [-0.3, -0.25) is 15.1 Å². The quantitative estimate of drug-likeness (QED) is 0.892. The molecule has 1 amide bonds. The number of hydrogen-bond donors (Lipinski definition) is 1. The molecule has 0 aromatic carbocycles. The fourth-order valence-corrected chi connectivity index (χ4v) is 4.75. The number of rotatable bonds is 4. The van der Waals surface area contributed by atoms with Crippen LogP contribution in [0.15, 0.2) is 24.4 Å². The summed E-state index contributed by atoms with van der Waals surface area (Å²) in [7, 11) is -3.28. The second kappa shape index (κ2) is 6.58. The molecule has 3 heterocycles. The molecule has 0 saturated carbocycles. The maximum Gasteiger partial charge on any atom is 0.276 e. The maximum atomic E-state index is 12.3. The molecular weight excluding hydrogens is 348 g/mol. The summed E-state index contributed by atoms with van der Waals surface area (Å²) in [5, 5.41) is 2.75. The number of thiazole rings is 1. The zero-order valence-corrected chi connectivity index (χ0v) is 15.0. The van der Waals surface area contributed by atoms with Crippen molar-refractivity contribution < 1.29 is 13.2 Å². The van der Waals surface area contributed by atoms with Gasteiger partial charge in [0.2, 0.25) is 10.0 Å². The zero-order valence-electron chi connectivity index (χ0n) is 13.4. The second-order valence-corrected chi connectivity index (χ2v) is 9.31. The highest BCUT2D eigenvalue weighted by molar-refractivity contribution is 7.89. The lowest BCUT2D eigenvalue weighted by atomic mass is 10.2. The van der Waals surface area contributed by atoms with Crippen LogP contribution in [0.3, 0.4) is 0 Å². The number of sulfonamides is 1. The van der Waals surface area contributed by atoms with E-state index in [-0.39, 0.29) is 5.91 Å². The maximum absolute atomic E-state index is 12.3. The Morgan fingerprint density at radius 2 is 2.17 bits per heavy atom. The average Bonchev–Trinajstić information content (AvgIpc) is 2.96. The molecule has 0 saturated heterocycles. The topological polar surface area (TPSA) is 92.3 Å². The van der Waals surface area contributed by atoms with Gasteiger partial charge in [-0.1, -0.05) is 6.07 Å². The number of carbonyl (C=O) groups excluding carboxylic acids is 1. The molecule has 9 heteroatoms. The summed E-state index contributed by atoms with van der Waals surface area (Å²) in [6, 6.07) is 5.10. The van der Waals surface area contributed by atoms with E-state index in [0.717, 1.165) is 10.6 Å². The fraction of sp³-hybridized carbons (Fsp3) is 0.400. The van der Waals surface area contributed by atoms with Crippen LogP contribution in [0.5, 0.6) is 0 Å². The van der Waals surface area contributed by atoms with E-state index in [2.05, 4.69) is 15.3 Å². The van der Waals surface area contributed by atoms with E-state index in [9.17, 15) is 13.2 Å². The lowest BCUT2D eigenvalue weighted by Gasteiger charge is -2.26. The standard InChI is InChI=1S/C15H18N4O3S2/c1-10(2)24(21,22)19-8-6-11-13(9-19)23-15(17-11)18-14(20)12-5-3-4-7-16-12/h3-5,7,10H,6,8-9H2,1-2H3,(H,17,18,20). The van der Waals surface area contributed by atoms with Crippen molar-refractivity contribution >= 4 is 32.4 Å². The third kappa shape index (κ3) is 3.33. The van der Waals surface area contributed by atoms with Crippen molar-refractivity contribution in [2.75, 3.05) is 11.9 Å². The van der Waals surface area contributed by atoms with E-state index >= 15 is 0 Å². The first-order valence-corrected chi connectivity index (χ1v) is 9.90. The first-order chi connectivity index (χ1) is 11.4. The van der Waals surface area contributed by atoms with E-state index in [0.29, 0.717) is 30.3 Å². The number of anilines is 1. The minimum absolute atomic E-state index is 0.312. The lowest BCUT2D eigenvalue weighted by Crippen LogP contribution is -2.39. The van der Waals surface area contributed by atoms with Gasteiger partial charge in [-0.05, 0) is 26.0 Å². The van der Waals surface area contributed by atoms with Crippen LogP contribution in [0.1, 0.15) is 34.9 Å². The minimum Gasteiger partial charge on any atom is -0.296 e. The zero-order chi connectivity index (χ0) is 17.3. The first kappa shape index (κ1) is 17.0. The van der Waals surface area contributed by atoms with Gasteiger partial charge in [-0.25, -0.2) is 13.4 Å². The molecule has 0 atom stereocenters. The molecule has 0 radical (unpaired) electrons. The number of amides is 1. The van der Waals surface area contributed by atoms with E-state index in [1.165, 1.54) is 15.6 Å². The molecule has 2 aromatic heterocycles. The lowest BCUT2D eigenvalue weighted by molar-refractivity contribution is 0.102. The molecule has 0 bridgehead atoms. The smallest absolute Gasteiger partial charge is 0.276 e. The molecule has 24 heavy (non-hydrogen) atoms. The minimum atomic E-state index is -3.28. The van der Waals surface area contributed by atoms with E-state index in [1.807, 2.05) is 0 Å². The molecule has 7 nitrogen and oxygen atoms in total. The normalized spacial score (nSPS) is 15.3. The van der Waals surface area contributed by atoms with Crippen molar-refractivity contribution in [3.8, 4) is 0 Å². The molecule has 1 aliphatic rings. The second-order valence-electron chi connectivity index (χ2n) is 5.74. The third-order valence-electron chi connectivity index (χ3n) is 3.77. The third-order valence-corrected chi connectivity index (χ3v) is 6.99. The Balaban J connectivity index is 1.75. The number of hydrogen-bond acceptors (Lipinski definition) is 6. The number of aromatic nitrogens is 2.